The Morgan fingerprint density at radius 1 is 0.931 bits per heavy atom. The summed E-state index contributed by atoms with van der Waals surface area (Å²) in [4.78, 5) is 29.2. The summed E-state index contributed by atoms with van der Waals surface area (Å²) in [5.41, 5.74) is 2.48. The molecule has 2 amide bonds. The second-order valence-electron chi connectivity index (χ2n) is 7.18. The molecule has 0 saturated carbocycles. The Hall–Kier alpha value is -3.06. The number of ether oxygens (including phenoxy) is 1. The lowest BCUT2D eigenvalue weighted by atomic mass is 9.97. The molecule has 2 aliphatic heterocycles. The van der Waals surface area contributed by atoms with E-state index in [2.05, 4.69) is 0 Å². The number of benzene rings is 2. The SMILES string of the molecule is Cc1ccc(C2=C(N3CCOCC3)C(=O)N(c3cc(F)ccc3F)C2=O)c(C)c1. The fourth-order valence-electron chi connectivity index (χ4n) is 3.81. The number of halogens is 2. The first-order chi connectivity index (χ1) is 13.9. The summed E-state index contributed by atoms with van der Waals surface area (Å²) in [5, 5.41) is 0. The van der Waals surface area contributed by atoms with E-state index in [4.69, 9.17) is 4.74 Å². The molecule has 0 spiro atoms. The maximum absolute atomic E-state index is 14.4. The predicted octanol–water partition coefficient (Wildman–Crippen LogP) is 3.20. The highest BCUT2D eigenvalue weighted by molar-refractivity contribution is 6.45. The van der Waals surface area contributed by atoms with Gasteiger partial charge in [-0.3, -0.25) is 9.59 Å². The predicted molar refractivity (Wildman–Crippen MR) is 104 cm³/mol. The van der Waals surface area contributed by atoms with Crippen molar-refractivity contribution < 1.29 is 23.1 Å². The molecule has 0 radical (unpaired) electrons. The van der Waals surface area contributed by atoms with Gasteiger partial charge in [0.1, 0.15) is 17.3 Å². The average Bonchev–Trinajstić information content (AvgIpc) is 2.95. The van der Waals surface area contributed by atoms with E-state index >= 15 is 0 Å². The van der Waals surface area contributed by atoms with Crippen LogP contribution in [-0.2, 0) is 14.3 Å². The molecule has 1 fully saturated rings. The van der Waals surface area contributed by atoms with E-state index in [9.17, 15) is 18.4 Å². The summed E-state index contributed by atoms with van der Waals surface area (Å²) in [5.74, 6) is -2.88. The number of amides is 2. The number of carbonyl (C=O) groups is 2. The van der Waals surface area contributed by atoms with Crippen LogP contribution in [0, 0.1) is 25.5 Å². The minimum absolute atomic E-state index is 0.203. The number of imide groups is 1. The van der Waals surface area contributed by atoms with Gasteiger partial charge in [0.05, 0.1) is 24.5 Å². The monoisotopic (exact) mass is 398 g/mol. The molecule has 0 N–H and O–H groups in total. The van der Waals surface area contributed by atoms with Crippen LogP contribution in [-0.4, -0.2) is 43.0 Å². The second kappa shape index (κ2) is 7.40. The van der Waals surface area contributed by atoms with Gasteiger partial charge < -0.3 is 9.64 Å². The number of carbonyl (C=O) groups excluding carboxylic acids is 2. The van der Waals surface area contributed by atoms with E-state index in [1.54, 1.807) is 11.0 Å². The molecular weight excluding hydrogens is 378 g/mol. The van der Waals surface area contributed by atoms with E-state index < -0.39 is 23.4 Å². The van der Waals surface area contributed by atoms with Crippen LogP contribution in [0.3, 0.4) is 0 Å². The van der Waals surface area contributed by atoms with Crippen molar-refractivity contribution in [3.8, 4) is 0 Å². The molecule has 4 rings (SSSR count). The maximum atomic E-state index is 14.4. The Kier molecular flexibility index (Phi) is 4.92. The molecule has 0 unspecified atom stereocenters. The van der Waals surface area contributed by atoms with E-state index in [1.807, 2.05) is 26.0 Å². The van der Waals surface area contributed by atoms with Crippen LogP contribution in [0.25, 0.3) is 5.57 Å². The summed E-state index contributed by atoms with van der Waals surface area (Å²) in [7, 11) is 0. The van der Waals surface area contributed by atoms with Gasteiger partial charge in [0.15, 0.2) is 0 Å². The quantitative estimate of drug-likeness (QED) is 0.745. The van der Waals surface area contributed by atoms with Crippen LogP contribution in [0.2, 0.25) is 0 Å². The van der Waals surface area contributed by atoms with Crippen molar-refractivity contribution in [3.63, 3.8) is 0 Å². The average molecular weight is 398 g/mol. The molecule has 0 aliphatic carbocycles. The Morgan fingerprint density at radius 3 is 2.34 bits per heavy atom. The van der Waals surface area contributed by atoms with Gasteiger partial charge >= 0.3 is 0 Å². The molecule has 2 aromatic carbocycles. The first kappa shape index (κ1) is 19.3. The van der Waals surface area contributed by atoms with E-state index in [-0.39, 0.29) is 17.0 Å². The number of rotatable bonds is 3. The zero-order chi connectivity index (χ0) is 20.7. The smallest absolute Gasteiger partial charge is 0.282 e. The molecule has 2 aliphatic rings. The fraction of sp³-hybridized carbons (Fsp3) is 0.273. The van der Waals surface area contributed by atoms with Crippen molar-refractivity contribution in [1.82, 2.24) is 4.90 Å². The van der Waals surface area contributed by atoms with E-state index in [0.29, 0.717) is 31.9 Å². The van der Waals surface area contributed by atoms with Gasteiger partial charge in [0.25, 0.3) is 11.8 Å². The van der Waals surface area contributed by atoms with E-state index in [1.165, 1.54) is 0 Å². The van der Waals surface area contributed by atoms with Gasteiger partial charge in [-0.2, -0.15) is 0 Å². The maximum Gasteiger partial charge on any atom is 0.282 e. The Balaban J connectivity index is 1.89. The van der Waals surface area contributed by atoms with Crippen LogP contribution in [0.5, 0.6) is 0 Å². The summed E-state index contributed by atoms with van der Waals surface area (Å²) < 4.78 is 33.6. The number of nitrogens with zero attached hydrogens (tertiary/aromatic N) is 2. The number of aryl methyl sites for hydroxylation is 2. The summed E-state index contributed by atoms with van der Waals surface area (Å²) in [6.07, 6.45) is 0. The molecule has 2 heterocycles. The third-order valence-electron chi connectivity index (χ3n) is 5.19. The van der Waals surface area contributed by atoms with Crippen molar-refractivity contribution in [3.05, 3.63) is 70.4 Å². The normalized spacial score (nSPS) is 17.5. The molecule has 150 valence electrons. The highest BCUT2D eigenvalue weighted by Crippen LogP contribution is 2.37. The number of hydrogen-bond acceptors (Lipinski definition) is 4. The van der Waals surface area contributed by atoms with Gasteiger partial charge in [0.2, 0.25) is 0 Å². The lowest BCUT2D eigenvalue weighted by Crippen LogP contribution is -2.40. The molecule has 5 nitrogen and oxygen atoms in total. The molecule has 2 aromatic rings. The largest absolute Gasteiger partial charge is 0.378 e. The van der Waals surface area contributed by atoms with Crippen LogP contribution in [0.15, 0.2) is 42.1 Å². The van der Waals surface area contributed by atoms with Crippen molar-refractivity contribution in [2.24, 2.45) is 0 Å². The number of hydrogen-bond donors (Lipinski definition) is 0. The lowest BCUT2D eigenvalue weighted by molar-refractivity contribution is -0.121. The topological polar surface area (TPSA) is 49.9 Å². The van der Waals surface area contributed by atoms with Crippen LogP contribution < -0.4 is 4.90 Å². The van der Waals surface area contributed by atoms with Gasteiger partial charge in [-0.1, -0.05) is 23.8 Å². The third-order valence-corrected chi connectivity index (χ3v) is 5.19. The summed E-state index contributed by atoms with van der Waals surface area (Å²) in [6.45, 7) is 5.49. The van der Waals surface area contributed by atoms with Crippen molar-refractivity contribution >= 4 is 23.1 Å². The Morgan fingerprint density at radius 2 is 1.66 bits per heavy atom. The zero-order valence-electron chi connectivity index (χ0n) is 16.2. The molecule has 1 saturated heterocycles. The third kappa shape index (κ3) is 3.31. The molecule has 7 heteroatoms. The highest BCUT2D eigenvalue weighted by Gasteiger charge is 2.44. The molecule has 0 atom stereocenters. The molecule has 29 heavy (non-hydrogen) atoms. The van der Waals surface area contributed by atoms with Crippen molar-refractivity contribution in [1.29, 1.82) is 0 Å². The first-order valence-electron chi connectivity index (χ1n) is 9.37. The second-order valence-corrected chi connectivity index (χ2v) is 7.18. The minimum atomic E-state index is -0.837. The first-order valence-corrected chi connectivity index (χ1v) is 9.37. The molecule has 0 bridgehead atoms. The Labute approximate surface area is 167 Å². The number of morpholine rings is 1. The van der Waals surface area contributed by atoms with Crippen molar-refractivity contribution in [2.75, 3.05) is 31.2 Å². The molecule has 0 aromatic heterocycles. The van der Waals surface area contributed by atoms with E-state index in [0.717, 1.165) is 34.2 Å². The van der Waals surface area contributed by atoms with Crippen LogP contribution >= 0.6 is 0 Å². The van der Waals surface area contributed by atoms with Crippen LogP contribution in [0.1, 0.15) is 16.7 Å². The molecular formula is C22H20F2N2O3. The van der Waals surface area contributed by atoms with Crippen LogP contribution in [0.4, 0.5) is 14.5 Å². The van der Waals surface area contributed by atoms with Gasteiger partial charge in [-0.25, -0.2) is 13.7 Å². The zero-order valence-corrected chi connectivity index (χ0v) is 16.2. The summed E-state index contributed by atoms with van der Waals surface area (Å²) in [6, 6.07) is 8.29. The van der Waals surface area contributed by atoms with Crippen molar-refractivity contribution in [2.45, 2.75) is 13.8 Å². The minimum Gasteiger partial charge on any atom is -0.378 e. The summed E-state index contributed by atoms with van der Waals surface area (Å²) >= 11 is 0. The number of anilines is 1. The van der Waals surface area contributed by atoms with Gasteiger partial charge in [-0.05, 0) is 37.1 Å². The lowest BCUT2D eigenvalue weighted by Gasteiger charge is -2.29. The highest BCUT2D eigenvalue weighted by atomic mass is 19.1. The standard InChI is InChI=1S/C22H20F2N2O3/c1-13-3-5-16(14(2)11-13)19-20(25-7-9-29-10-8-25)22(28)26(21(19)27)18-12-15(23)4-6-17(18)24/h3-6,11-12H,7-10H2,1-2H3. The fourth-order valence-corrected chi connectivity index (χ4v) is 3.81. The Bertz CT molecular complexity index is 1040. The van der Waals surface area contributed by atoms with Gasteiger partial charge in [-0.15, -0.1) is 0 Å². The van der Waals surface area contributed by atoms with Gasteiger partial charge in [0, 0.05) is 19.2 Å².